The Hall–Kier alpha value is -1.54. The molecule has 2 heteroatoms. The van der Waals surface area contributed by atoms with E-state index in [-0.39, 0.29) is 0 Å². The molecule has 1 unspecified atom stereocenters. The number of aryl methyl sites for hydroxylation is 2. The Labute approximate surface area is 128 Å². The molecule has 0 bridgehead atoms. The molecule has 0 amide bonds. The molecule has 2 aromatic rings. The van der Waals surface area contributed by atoms with Gasteiger partial charge in [0, 0.05) is 30.5 Å². The van der Waals surface area contributed by atoms with Crippen molar-refractivity contribution in [2.45, 2.75) is 59.2 Å². The van der Waals surface area contributed by atoms with Crippen molar-refractivity contribution in [3.8, 4) is 0 Å². The third-order valence-corrected chi connectivity index (χ3v) is 4.92. The highest BCUT2D eigenvalue weighted by atomic mass is 15.0. The van der Waals surface area contributed by atoms with Crippen LogP contribution in [0.2, 0.25) is 0 Å². The molecule has 0 saturated carbocycles. The van der Waals surface area contributed by atoms with E-state index in [0.717, 1.165) is 13.1 Å². The zero-order valence-corrected chi connectivity index (χ0v) is 13.4. The lowest BCUT2D eigenvalue weighted by Crippen LogP contribution is -2.34. The number of hydrogen-bond donors (Lipinski definition) is 1. The van der Waals surface area contributed by atoms with Gasteiger partial charge in [0.25, 0.3) is 0 Å². The SMILES string of the molecule is CCn1c(C)cc(CNC2CCc3ccccc3C2)c1C. The third kappa shape index (κ3) is 2.91. The lowest BCUT2D eigenvalue weighted by Gasteiger charge is -2.25. The van der Waals surface area contributed by atoms with E-state index in [1.165, 1.54) is 41.8 Å². The Morgan fingerprint density at radius 1 is 1.19 bits per heavy atom. The second-order valence-corrected chi connectivity index (χ2v) is 6.23. The number of rotatable bonds is 4. The molecule has 21 heavy (non-hydrogen) atoms. The van der Waals surface area contributed by atoms with Crippen molar-refractivity contribution in [3.63, 3.8) is 0 Å². The summed E-state index contributed by atoms with van der Waals surface area (Å²) >= 11 is 0. The van der Waals surface area contributed by atoms with Gasteiger partial charge in [-0.3, -0.25) is 0 Å². The summed E-state index contributed by atoms with van der Waals surface area (Å²) in [6.45, 7) is 8.72. The first kappa shape index (κ1) is 14.4. The molecule has 0 spiro atoms. The van der Waals surface area contributed by atoms with Crippen molar-refractivity contribution < 1.29 is 0 Å². The van der Waals surface area contributed by atoms with Gasteiger partial charge in [0.1, 0.15) is 0 Å². The van der Waals surface area contributed by atoms with Gasteiger partial charge in [-0.1, -0.05) is 24.3 Å². The molecule has 1 N–H and O–H groups in total. The summed E-state index contributed by atoms with van der Waals surface area (Å²) in [5.74, 6) is 0. The van der Waals surface area contributed by atoms with Crippen LogP contribution in [0.5, 0.6) is 0 Å². The van der Waals surface area contributed by atoms with E-state index in [9.17, 15) is 0 Å². The Kier molecular flexibility index (Phi) is 4.16. The maximum atomic E-state index is 3.77. The predicted molar refractivity (Wildman–Crippen MR) is 88.7 cm³/mol. The van der Waals surface area contributed by atoms with Crippen LogP contribution in [0.1, 0.15) is 41.4 Å². The van der Waals surface area contributed by atoms with Crippen LogP contribution in [0.25, 0.3) is 0 Å². The molecule has 1 atom stereocenters. The summed E-state index contributed by atoms with van der Waals surface area (Å²) in [6, 6.07) is 11.8. The van der Waals surface area contributed by atoms with Gasteiger partial charge in [0.05, 0.1) is 0 Å². The van der Waals surface area contributed by atoms with Crippen molar-refractivity contribution >= 4 is 0 Å². The Morgan fingerprint density at radius 3 is 2.67 bits per heavy atom. The minimum absolute atomic E-state index is 0.615. The minimum atomic E-state index is 0.615. The fourth-order valence-corrected chi connectivity index (χ4v) is 3.66. The van der Waals surface area contributed by atoms with E-state index in [1.807, 2.05) is 0 Å². The van der Waals surface area contributed by atoms with Crippen LogP contribution >= 0.6 is 0 Å². The molecule has 0 fully saturated rings. The van der Waals surface area contributed by atoms with Crippen molar-refractivity contribution in [2.24, 2.45) is 0 Å². The number of fused-ring (bicyclic) bond motifs is 1. The molecule has 0 radical (unpaired) electrons. The molecule has 1 heterocycles. The Bertz CT molecular complexity index is 624. The molecule has 0 aliphatic heterocycles. The topological polar surface area (TPSA) is 17.0 Å². The largest absolute Gasteiger partial charge is 0.349 e. The number of nitrogens with zero attached hydrogens (tertiary/aromatic N) is 1. The van der Waals surface area contributed by atoms with Gasteiger partial charge < -0.3 is 9.88 Å². The number of benzene rings is 1. The number of hydrogen-bond acceptors (Lipinski definition) is 1. The average molecular weight is 282 g/mol. The highest BCUT2D eigenvalue weighted by Crippen LogP contribution is 2.22. The van der Waals surface area contributed by atoms with Crippen LogP contribution < -0.4 is 5.32 Å². The van der Waals surface area contributed by atoms with Gasteiger partial charge in [-0.15, -0.1) is 0 Å². The molecule has 1 aliphatic carbocycles. The number of nitrogens with one attached hydrogen (secondary N) is 1. The Balaban J connectivity index is 1.64. The zero-order chi connectivity index (χ0) is 14.8. The summed E-state index contributed by atoms with van der Waals surface area (Å²) in [5.41, 5.74) is 7.31. The normalized spacial score (nSPS) is 17.8. The maximum Gasteiger partial charge on any atom is 0.0226 e. The molecule has 1 aliphatic rings. The van der Waals surface area contributed by atoms with Crippen molar-refractivity contribution in [1.82, 2.24) is 9.88 Å². The lowest BCUT2D eigenvalue weighted by molar-refractivity contribution is 0.457. The van der Waals surface area contributed by atoms with E-state index in [0.29, 0.717) is 6.04 Å². The van der Waals surface area contributed by atoms with E-state index < -0.39 is 0 Å². The molecular weight excluding hydrogens is 256 g/mol. The molecule has 2 nitrogen and oxygen atoms in total. The highest BCUT2D eigenvalue weighted by Gasteiger charge is 2.18. The molecule has 3 rings (SSSR count). The van der Waals surface area contributed by atoms with E-state index in [1.54, 1.807) is 5.56 Å². The van der Waals surface area contributed by atoms with Gasteiger partial charge in [-0.2, -0.15) is 0 Å². The van der Waals surface area contributed by atoms with E-state index >= 15 is 0 Å². The monoisotopic (exact) mass is 282 g/mol. The van der Waals surface area contributed by atoms with Gasteiger partial charge >= 0.3 is 0 Å². The summed E-state index contributed by atoms with van der Waals surface area (Å²) in [5, 5.41) is 3.77. The summed E-state index contributed by atoms with van der Waals surface area (Å²) < 4.78 is 2.40. The van der Waals surface area contributed by atoms with Crippen molar-refractivity contribution in [1.29, 1.82) is 0 Å². The van der Waals surface area contributed by atoms with Crippen LogP contribution in [0.4, 0.5) is 0 Å². The minimum Gasteiger partial charge on any atom is -0.349 e. The van der Waals surface area contributed by atoms with Crippen LogP contribution in [-0.4, -0.2) is 10.6 Å². The first-order valence-electron chi connectivity index (χ1n) is 8.14. The molecule has 1 aromatic heterocycles. The first-order chi connectivity index (χ1) is 10.2. The zero-order valence-electron chi connectivity index (χ0n) is 13.4. The summed E-state index contributed by atoms with van der Waals surface area (Å²) in [4.78, 5) is 0. The maximum absolute atomic E-state index is 3.77. The fraction of sp³-hybridized carbons (Fsp3) is 0.474. The van der Waals surface area contributed by atoms with Crippen LogP contribution in [-0.2, 0) is 25.9 Å². The second-order valence-electron chi connectivity index (χ2n) is 6.23. The predicted octanol–water partition coefficient (Wildman–Crippen LogP) is 3.77. The van der Waals surface area contributed by atoms with Crippen molar-refractivity contribution in [3.05, 3.63) is 58.4 Å². The molecule has 0 saturated heterocycles. The summed E-state index contributed by atoms with van der Waals surface area (Å²) in [6.07, 6.45) is 3.63. The third-order valence-electron chi connectivity index (χ3n) is 4.92. The Morgan fingerprint density at radius 2 is 1.95 bits per heavy atom. The second kappa shape index (κ2) is 6.07. The van der Waals surface area contributed by atoms with Gasteiger partial charge in [-0.25, -0.2) is 0 Å². The highest BCUT2D eigenvalue weighted by molar-refractivity contribution is 5.31. The summed E-state index contributed by atoms with van der Waals surface area (Å²) in [7, 11) is 0. The van der Waals surface area contributed by atoms with Gasteiger partial charge in [0.15, 0.2) is 0 Å². The van der Waals surface area contributed by atoms with Crippen LogP contribution in [0, 0.1) is 13.8 Å². The quantitative estimate of drug-likeness (QED) is 0.903. The fourth-order valence-electron chi connectivity index (χ4n) is 3.66. The smallest absolute Gasteiger partial charge is 0.0226 e. The molecular formula is C19H26N2. The molecule has 1 aromatic carbocycles. The molecule has 112 valence electrons. The van der Waals surface area contributed by atoms with Crippen molar-refractivity contribution in [2.75, 3.05) is 0 Å². The van der Waals surface area contributed by atoms with Gasteiger partial charge in [0.2, 0.25) is 0 Å². The van der Waals surface area contributed by atoms with Gasteiger partial charge in [-0.05, 0) is 62.8 Å². The lowest BCUT2D eigenvalue weighted by atomic mass is 9.88. The first-order valence-corrected chi connectivity index (χ1v) is 8.14. The standard InChI is InChI=1S/C19H26N2/c1-4-21-14(2)11-18(15(21)3)13-20-19-10-9-16-7-5-6-8-17(16)12-19/h5-8,11,19-20H,4,9-10,12-13H2,1-3H3. The number of aromatic nitrogens is 1. The van der Waals surface area contributed by atoms with Crippen LogP contribution in [0.3, 0.4) is 0 Å². The van der Waals surface area contributed by atoms with Crippen LogP contribution in [0.15, 0.2) is 30.3 Å². The average Bonchev–Trinajstić information content (AvgIpc) is 2.78. The van der Waals surface area contributed by atoms with E-state index in [2.05, 4.69) is 61.0 Å². The van der Waals surface area contributed by atoms with E-state index in [4.69, 9.17) is 0 Å².